The number of benzene rings is 2. The smallest absolute Gasteiger partial charge is 0.196 e. The van der Waals surface area contributed by atoms with Crippen LogP contribution in [0.25, 0.3) is 0 Å². The van der Waals surface area contributed by atoms with Gasteiger partial charge in [0, 0.05) is 48.6 Å². The lowest BCUT2D eigenvalue weighted by Gasteiger charge is -2.21. The predicted molar refractivity (Wildman–Crippen MR) is 96.4 cm³/mol. The van der Waals surface area contributed by atoms with E-state index in [9.17, 15) is 15.0 Å². The first-order valence-corrected chi connectivity index (χ1v) is 8.62. The van der Waals surface area contributed by atoms with Crippen molar-refractivity contribution in [3.8, 4) is 11.5 Å². The van der Waals surface area contributed by atoms with E-state index in [0.29, 0.717) is 42.5 Å². The first kappa shape index (κ1) is 18.6. The van der Waals surface area contributed by atoms with Gasteiger partial charge in [0.05, 0.1) is 5.56 Å². The fourth-order valence-electron chi connectivity index (χ4n) is 2.43. The summed E-state index contributed by atoms with van der Waals surface area (Å²) in [6.07, 6.45) is 0. The molecule has 0 aliphatic carbocycles. The van der Waals surface area contributed by atoms with Crippen molar-refractivity contribution in [2.45, 2.75) is 6.54 Å². The number of phenols is 2. The lowest BCUT2D eigenvalue weighted by Crippen LogP contribution is -2.27. The molecule has 0 saturated heterocycles. The molecule has 0 amide bonds. The highest BCUT2D eigenvalue weighted by Crippen LogP contribution is 2.30. The Morgan fingerprint density at radius 3 is 2.17 bits per heavy atom. The largest absolute Gasteiger partial charge is 0.507 e. The SMILES string of the molecule is O=C(c1ccccc1)c1cc(CN(CCCl)CCCl)c(O)cc1O. The minimum atomic E-state index is -0.296. The summed E-state index contributed by atoms with van der Waals surface area (Å²) in [5.41, 5.74) is 1.18. The number of carbonyl (C=O) groups is 1. The molecule has 2 rings (SSSR count). The maximum atomic E-state index is 12.6. The van der Waals surface area contributed by atoms with E-state index in [-0.39, 0.29) is 22.8 Å². The van der Waals surface area contributed by atoms with Gasteiger partial charge in [0.2, 0.25) is 0 Å². The Hall–Kier alpha value is -1.75. The van der Waals surface area contributed by atoms with Gasteiger partial charge in [-0.15, -0.1) is 23.2 Å². The van der Waals surface area contributed by atoms with Crippen molar-refractivity contribution in [2.75, 3.05) is 24.8 Å². The number of phenolic OH excluding ortho intramolecular Hbond substituents is 2. The van der Waals surface area contributed by atoms with Crippen LogP contribution in [0.5, 0.6) is 11.5 Å². The van der Waals surface area contributed by atoms with Crippen LogP contribution in [0.3, 0.4) is 0 Å². The number of ketones is 1. The molecule has 0 atom stereocenters. The van der Waals surface area contributed by atoms with E-state index in [1.54, 1.807) is 24.3 Å². The van der Waals surface area contributed by atoms with Crippen molar-refractivity contribution in [2.24, 2.45) is 0 Å². The summed E-state index contributed by atoms with van der Waals surface area (Å²) < 4.78 is 0. The molecule has 0 bridgehead atoms. The molecule has 6 heteroatoms. The number of carbonyl (C=O) groups excluding carboxylic acids is 1. The van der Waals surface area contributed by atoms with Gasteiger partial charge in [-0.05, 0) is 6.07 Å². The summed E-state index contributed by atoms with van der Waals surface area (Å²) in [7, 11) is 0. The Bertz CT molecular complexity index is 686. The van der Waals surface area contributed by atoms with E-state index in [4.69, 9.17) is 23.2 Å². The van der Waals surface area contributed by atoms with Gasteiger partial charge in [0.25, 0.3) is 0 Å². The van der Waals surface area contributed by atoms with E-state index in [2.05, 4.69) is 0 Å². The van der Waals surface area contributed by atoms with Crippen LogP contribution in [0.4, 0.5) is 0 Å². The average Bonchev–Trinajstić information content (AvgIpc) is 2.58. The van der Waals surface area contributed by atoms with Crippen LogP contribution >= 0.6 is 23.2 Å². The molecule has 0 aromatic heterocycles. The molecule has 0 aliphatic rings. The van der Waals surface area contributed by atoms with E-state index >= 15 is 0 Å². The van der Waals surface area contributed by atoms with Gasteiger partial charge >= 0.3 is 0 Å². The fourth-order valence-corrected chi connectivity index (χ4v) is 2.90. The van der Waals surface area contributed by atoms with Crippen LogP contribution in [0, 0.1) is 0 Å². The lowest BCUT2D eigenvalue weighted by atomic mass is 9.99. The third-order valence-corrected chi connectivity index (χ3v) is 4.01. The molecule has 2 N–H and O–H groups in total. The Kier molecular flexibility index (Phi) is 6.91. The maximum Gasteiger partial charge on any atom is 0.196 e. The monoisotopic (exact) mass is 367 g/mol. The van der Waals surface area contributed by atoms with Gasteiger partial charge in [-0.2, -0.15) is 0 Å². The predicted octanol–water partition coefficient (Wildman–Crippen LogP) is 3.61. The summed E-state index contributed by atoms with van der Waals surface area (Å²) in [6.45, 7) is 1.60. The van der Waals surface area contributed by atoms with Crippen molar-refractivity contribution in [3.63, 3.8) is 0 Å². The summed E-state index contributed by atoms with van der Waals surface area (Å²) >= 11 is 11.6. The molecule has 128 valence electrons. The number of aromatic hydroxyl groups is 2. The molecule has 2 aromatic carbocycles. The van der Waals surface area contributed by atoms with Crippen molar-refractivity contribution in [1.82, 2.24) is 4.90 Å². The maximum absolute atomic E-state index is 12.6. The van der Waals surface area contributed by atoms with Crippen LogP contribution in [0.15, 0.2) is 42.5 Å². The van der Waals surface area contributed by atoms with Gasteiger partial charge < -0.3 is 10.2 Å². The summed E-state index contributed by atoms with van der Waals surface area (Å²) in [5, 5.41) is 20.1. The standard InChI is InChI=1S/C18H19Cl2NO3/c19-6-8-21(9-7-20)12-14-10-15(17(23)11-16(14)22)18(24)13-4-2-1-3-5-13/h1-5,10-11,22-23H,6-9,12H2. The molecule has 4 nitrogen and oxygen atoms in total. The van der Waals surface area contributed by atoms with E-state index in [1.807, 2.05) is 11.0 Å². The molecule has 24 heavy (non-hydrogen) atoms. The molecular weight excluding hydrogens is 349 g/mol. The minimum Gasteiger partial charge on any atom is -0.507 e. The van der Waals surface area contributed by atoms with Crippen molar-refractivity contribution >= 4 is 29.0 Å². The van der Waals surface area contributed by atoms with Crippen LogP contribution < -0.4 is 0 Å². The highest BCUT2D eigenvalue weighted by atomic mass is 35.5. The second-order valence-corrected chi connectivity index (χ2v) is 6.10. The van der Waals surface area contributed by atoms with Crippen molar-refractivity contribution in [1.29, 1.82) is 0 Å². The minimum absolute atomic E-state index is 0.0637. The quantitative estimate of drug-likeness (QED) is 0.552. The molecule has 0 heterocycles. The molecule has 0 spiro atoms. The van der Waals surface area contributed by atoms with Crippen LogP contribution in [0.1, 0.15) is 21.5 Å². The number of nitrogens with zero attached hydrogens (tertiary/aromatic N) is 1. The molecule has 0 aliphatic heterocycles. The Balaban J connectivity index is 2.32. The molecule has 0 fully saturated rings. The summed E-state index contributed by atoms with van der Waals surface area (Å²) in [5.74, 6) is 0.269. The Morgan fingerprint density at radius 2 is 1.58 bits per heavy atom. The zero-order chi connectivity index (χ0) is 17.5. The molecule has 0 unspecified atom stereocenters. The van der Waals surface area contributed by atoms with Crippen LogP contribution in [-0.4, -0.2) is 45.7 Å². The number of halogens is 2. The van der Waals surface area contributed by atoms with Gasteiger partial charge in [-0.3, -0.25) is 9.69 Å². The number of alkyl halides is 2. The average molecular weight is 368 g/mol. The van der Waals surface area contributed by atoms with Gasteiger partial charge in [0.1, 0.15) is 11.5 Å². The van der Waals surface area contributed by atoms with E-state index in [0.717, 1.165) is 0 Å². The molecular formula is C18H19Cl2NO3. The zero-order valence-corrected chi connectivity index (χ0v) is 14.6. The van der Waals surface area contributed by atoms with Gasteiger partial charge in [-0.1, -0.05) is 30.3 Å². The summed E-state index contributed by atoms with van der Waals surface area (Å²) in [6, 6.07) is 11.4. The number of hydrogen-bond donors (Lipinski definition) is 2. The fraction of sp³-hybridized carbons (Fsp3) is 0.278. The number of rotatable bonds is 8. The van der Waals surface area contributed by atoms with Crippen molar-refractivity contribution < 1.29 is 15.0 Å². The zero-order valence-electron chi connectivity index (χ0n) is 13.1. The Labute approximate surface area is 151 Å². The molecule has 2 aromatic rings. The Morgan fingerprint density at radius 1 is 0.958 bits per heavy atom. The second-order valence-electron chi connectivity index (χ2n) is 5.35. The highest BCUT2D eigenvalue weighted by Gasteiger charge is 2.18. The van der Waals surface area contributed by atoms with Crippen LogP contribution in [-0.2, 0) is 6.54 Å². The molecule has 0 saturated carbocycles. The molecule has 0 radical (unpaired) electrons. The topological polar surface area (TPSA) is 60.8 Å². The normalized spacial score (nSPS) is 11.0. The van der Waals surface area contributed by atoms with E-state index < -0.39 is 0 Å². The second kappa shape index (κ2) is 8.92. The van der Waals surface area contributed by atoms with Crippen LogP contribution in [0.2, 0.25) is 0 Å². The first-order chi connectivity index (χ1) is 11.6. The van der Waals surface area contributed by atoms with Gasteiger partial charge in [-0.25, -0.2) is 0 Å². The third-order valence-electron chi connectivity index (χ3n) is 3.67. The summed E-state index contributed by atoms with van der Waals surface area (Å²) in [4.78, 5) is 14.5. The lowest BCUT2D eigenvalue weighted by molar-refractivity contribution is 0.103. The highest BCUT2D eigenvalue weighted by molar-refractivity contribution is 6.18. The third kappa shape index (κ3) is 4.63. The number of hydrogen-bond acceptors (Lipinski definition) is 4. The van der Waals surface area contributed by atoms with Gasteiger partial charge in [0.15, 0.2) is 5.78 Å². The first-order valence-electron chi connectivity index (χ1n) is 7.55. The van der Waals surface area contributed by atoms with E-state index in [1.165, 1.54) is 12.1 Å². The van der Waals surface area contributed by atoms with Crippen molar-refractivity contribution in [3.05, 3.63) is 59.2 Å².